The van der Waals surface area contributed by atoms with Gasteiger partial charge in [-0.05, 0) is 66.6 Å². The predicted molar refractivity (Wildman–Crippen MR) is 179 cm³/mol. The third-order valence-electron chi connectivity index (χ3n) is 6.99. The molecule has 4 aromatic carbocycles. The van der Waals surface area contributed by atoms with Crippen molar-refractivity contribution in [1.29, 1.82) is 0 Å². The Labute approximate surface area is 278 Å². The van der Waals surface area contributed by atoms with Crippen molar-refractivity contribution in [1.82, 2.24) is 10.2 Å². The molecular formula is C33H32Cl3N3O5S. The Bertz CT molecular complexity index is 1740. The SMILES string of the molecule is CCOc1ccccc1N(CC(=O)N(Cc1ccc(Cl)cc1Cl)[C@H](Cc1ccccc1)C(=O)NC)S(=O)(=O)c1ccc(Cl)cc1. The van der Waals surface area contributed by atoms with Gasteiger partial charge >= 0.3 is 0 Å². The van der Waals surface area contributed by atoms with Gasteiger partial charge in [0.15, 0.2) is 0 Å². The van der Waals surface area contributed by atoms with Gasteiger partial charge in [0.2, 0.25) is 11.8 Å². The van der Waals surface area contributed by atoms with E-state index in [2.05, 4.69) is 5.32 Å². The van der Waals surface area contributed by atoms with Crippen molar-refractivity contribution in [2.45, 2.75) is 30.8 Å². The summed E-state index contributed by atoms with van der Waals surface area (Å²) in [5.74, 6) is -0.807. The van der Waals surface area contributed by atoms with Crippen LogP contribution in [-0.4, -0.2) is 51.4 Å². The molecule has 0 heterocycles. The molecule has 0 saturated carbocycles. The zero-order valence-electron chi connectivity index (χ0n) is 24.6. The van der Waals surface area contributed by atoms with Gasteiger partial charge in [-0.2, -0.15) is 0 Å². The first-order valence-corrected chi connectivity index (χ1v) is 16.6. The summed E-state index contributed by atoms with van der Waals surface area (Å²) in [6, 6.07) is 25.3. The van der Waals surface area contributed by atoms with Crippen LogP contribution in [0.4, 0.5) is 5.69 Å². The van der Waals surface area contributed by atoms with E-state index in [9.17, 15) is 18.0 Å². The second-order valence-electron chi connectivity index (χ2n) is 9.94. The maximum Gasteiger partial charge on any atom is 0.264 e. The van der Waals surface area contributed by atoms with Crippen LogP contribution in [-0.2, 0) is 32.6 Å². The van der Waals surface area contributed by atoms with Crippen molar-refractivity contribution < 1.29 is 22.7 Å². The quantitative estimate of drug-likeness (QED) is 0.170. The highest BCUT2D eigenvalue weighted by Gasteiger charge is 2.35. The summed E-state index contributed by atoms with van der Waals surface area (Å²) in [4.78, 5) is 29.1. The summed E-state index contributed by atoms with van der Waals surface area (Å²) in [6.45, 7) is 1.29. The van der Waals surface area contributed by atoms with Gasteiger partial charge in [-0.15, -0.1) is 0 Å². The van der Waals surface area contributed by atoms with Gasteiger partial charge in [0.25, 0.3) is 10.0 Å². The van der Waals surface area contributed by atoms with Crippen molar-refractivity contribution in [2.24, 2.45) is 0 Å². The molecule has 4 aromatic rings. The van der Waals surface area contributed by atoms with E-state index in [0.29, 0.717) is 20.6 Å². The Hall–Kier alpha value is -3.76. The number of sulfonamides is 1. The fourth-order valence-corrected chi connectivity index (χ4v) is 6.76. The standard InChI is InChI=1S/C33H32Cl3N3O5S/c1-3-44-31-12-8-7-11-29(31)39(45(42,43)27-17-15-25(34)16-18-27)22-32(40)38(21-24-13-14-26(35)20-28(24)36)30(33(41)37-2)19-23-9-5-4-6-10-23/h4-18,20,30H,3,19,21-22H2,1-2H3,(H,37,41)/t30-/m1/s1. The van der Waals surface area contributed by atoms with Crippen LogP contribution in [0.2, 0.25) is 15.1 Å². The molecular weight excluding hydrogens is 657 g/mol. The van der Waals surface area contributed by atoms with E-state index >= 15 is 0 Å². The Morgan fingerprint density at radius 3 is 2.16 bits per heavy atom. The van der Waals surface area contributed by atoms with Crippen LogP contribution in [0.5, 0.6) is 5.75 Å². The minimum atomic E-state index is -4.33. The molecule has 0 aliphatic heterocycles. The minimum absolute atomic E-state index is 0.0783. The van der Waals surface area contributed by atoms with E-state index in [1.807, 2.05) is 30.3 Å². The molecule has 0 radical (unpaired) electrons. The molecule has 0 fully saturated rings. The van der Waals surface area contributed by atoms with E-state index in [1.54, 1.807) is 49.4 Å². The lowest BCUT2D eigenvalue weighted by molar-refractivity contribution is -0.139. The molecule has 236 valence electrons. The van der Waals surface area contributed by atoms with Crippen LogP contribution in [0.3, 0.4) is 0 Å². The number of carbonyl (C=O) groups excluding carboxylic acids is 2. The third kappa shape index (κ3) is 8.49. The summed E-state index contributed by atoms with van der Waals surface area (Å²) in [6.07, 6.45) is 0.164. The highest BCUT2D eigenvalue weighted by Crippen LogP contribution is 2.33. The van der Waals surface area contributed by atoms with E-state index in [0.717, 1.165) is 9.87 Å². The molecule has 0 bridgehead atoms. The molecule has 45 heavy (non-hydrogen) atoms. The second-order valence-corrected chi connectivity index (χ2v) is 13.1. The van der Waals surface area contributed by atoms with Crippen LogP contribution in [0, 0.1) is 0 Å². The Morgan fingerprint density at radius 2 is 1.51 bits per heavy atom. The molecule has 0 saturated heterocycles. The van der Waals surface area contributed by atoms with E-state index in [1.165, 1.54) is 36.2 Å². The fourth-order valence-electron chi connectivity index (χ4n) is 4.74. The lowest BCUT2D eigenvalue weighted by atomic mass is 10.0. The number of rotatable bonds is 13. The molecule has 1 N–H and O–H groups in total. The first kappa shape index (κ1) is 34.1. The van der Waals surface area contributed by atoms with Crippen molar-refractivity contribution in [3.05, 3.63) is 123 Å². The largest absolute Gasteiger partial charge is 0.492 e. The van der Waals surface area contributed by atoms with Gasteiger partial charge < -0.3 is 15.0 Å². The smallest absolute Gasteiger partial charge is 0.264 e. The highest BCUT2D eigenvalue weighted by molar-refractivity contribution is 7.92. The van der Waals surface area contributed by atoms with Crippen molar-refractivity contribution in [2.75, 3.05) is 24.5 Å². The van der Waals surface area contributed by atoms with Crippen LogP contribution < -0.4 is 14.4 Å². The normalized spacial score (nSPS) is 11.8. The highest BCUT2D eigenvalue weighted by atomic mass is 35.5. The van der Waals surface area contributed by atoms with Gasteiger partial charge in [-0.1, -0.05) is 83.3 Å². The molecule has 0 unspecified atom stereocenters. The van der Waals surface area contributed by atoms with Crippen molar-refractivity contribution in [3.63, 3.8) is 0 Å². The van der Waals surface area contributed by atoms with Crippen LogP contribution in [0.1, 0.15) is 18.1 Å². The number of halogens is 3. The zero-order valence-corrected chi connectivity index (χ0v) is 27.7. The van der Waals surface area contributed by atoms with Crippen LogP contribution in [0.25, 0.3) is 0 Å². The molecule has 0 aliphatic carbocycles. The first-order chi connectivity index (χ1) is 21.5. The van der Waals surface area contributed by atoms with Crippen molar-refractivity contribution in [3.8, 4) is 5.75 Å². The minimum Gasteiger partial charge on any atom is -0.492 e. The maximum absolute atomic E-state index is 14.5. The average Bonchev–Trinajstić information content (AvgIpc) is 3.03. The van der Waals surface area contributed by atoms with Gasteiger partial charge in [-0.25, -0.2) is 8.42 Å². The van der Waals surface area contributed by atoms with Gasteiger partial charge in [0, 0.05) is 35.1 Å². The zero-order chi connectivity index (χ0) is 32.6. The topological polar surface area (TPSA) is 96.0 Å². The van der Waals surface area contributed by atoms with Gasteiger partial charge in [-0.3, -0.25) is 13.9 Å². The van der Waals surface area contributed by atoms with E-state index < -0.39 is 34.4 Å². The number of benzene rings is 4. The summed E-state index contributed by atoms with van der Waals surface area (Å²) < 4.78 is 35.2. The second kappa shape index (κ2) is 15.5. The average molecular weight is 689 g/mol. The molecule has 0 spiro atoms. The molecule has 2 amide bonds. The number of ether oxygens (including phenoxy) is 1. The predicted octanol–water partition coefficient (Wildman–Crippen LogP) is 6.63. The van der Waals surface area contributed by atoms with Crippen molar-refractivity contribution >= 4 is 62.3 Å². The Balaban J connectivity index is 1.84. The number of hydrogen-bond acceptors (Lipinski definition) is 5. The fraction of sp³-hybridized carbons (Fsp3) is 0.212. The number of para-hydroxylation sites is 2. The molecule has 4 rings (SSSR count). The van der Waals surface area contributed by atoms with Crippen LogP contribution in [0.15, 0.2) is 102 Å². The van der Waals surface area contributed by atoms with E-state index in [4.69, 9.17) is 39.5 Å². The summed E-state index contributed by atoms with van der Waals surface area (Å²) in [7, 11) is -2.85. The molecule has 0 aliphatic rings. The number of hydrogen-bond donors (Lipinski definition) is 1. The number of amides is 2. The lowest BCUT2D eigenvalue weighted by Crippen LogP contribution is -2.53. The van der Waals surface area contributed by atoms with Gasteiger partial charge in [0.1, 0.15) is 18.3 Å². The Morgan fingerprint density at radius 1 is 0.867 bits per heavy atom. The Kier molecular flexibility index (Phi) is 11.7. The number of nitrogens with zero attached hydrogens (tertiary/aromatic N) is 2. The van der Waals surface area contributed by atoms with Crippen LogP contribution >= 0.6 is 34.8 Å². The molecule has 8 nitrogen and oxygen atoms in total. The number of carbonyl (C=O) groups is 2. The number of nitrogens with one attached hydrogen (secondary N) is 1. The molecule has 12 heteroatoms. The third-order valence-corrected chi connectivity index (χ3v) is 9.60. The number of anilines is 1. The number of likely N-dealkylation sites (N-methyl/N-ethyl adjacent to an activating group) is 1. The molecule has 1 atom stereocenters. The molecule has 0 aromatic heterocycles. The lowest BCUT2D eigenvalue weighted by Gasteiger charge is -2.34. The monoisotopic (exact) mass is 687 g/mol. The van der Waals surface area contributed by atoms with Gasteiger partial charge in [0.05, 0.1) is 17.2 Å². The van der Waals surface area contributed by atoms with E-state index in [-0.39, 0.29) is 35.9 Å². The summed E-state index contributed by atoms with van der Waals surface area (Å²) in [5.41, 5.74) is 1.49. The maximum atomic E-state index is 14.5. The summed E-state index contributed by atoms with van der Waals surface area (Å²) in [5, 5.41) is 3.70. The first-order valence-electron chi connectivity index (χ1n) is 14.0. The summed E-state index contributed by atoms with van der Waals surface area (Å²) >= 11 is 18.7.